The van der Waals surface area contributed by atoms with Crippen LogP contribution in [0.4, 0.5) is 5.69 Å². The standard InChI is InChI=1S/C23H24N4O6/c1-15-11-26(12-16(2)32-15)13-17-3-5-19(6-4-17)23(28)31-14-21-24-22(25-33-21)18-7-9-20(10-8-18)27(29)30/h3-10,15-16H,11-14H2,1-2H3. The fraction of sp³-hybridized carbons (Fsp3) is 0.348. The van der Waals surface area contributed by atoms with Crippen molar-refractivity contribution < 1.29 is 23.7 Å². The molecule has 33 heavy (non-hydrogen) atoms. The average molecular weight is 452 g/mol. The van der Waals surface area contributed by atoms with E-state index in [-0.39, 0.29) is 36.2 Å². The van der Waals surface area contributed by atoms with E-state index in [4.69, 9.17) is 14.0 Å². The molecule has 0 aliphatic carbocycles. The summed E-state index contributed by atoms with van der Waals surface area (Å²) in [4.78, 5) is 29.2. The number of nitro benzene ring substituents is 1. The second-order valence-corrected chi connectivity index (χ2v) is 8.04. The molecule has 0 saturated carbocycles. The number of esters is 1. The number of rotatable bonds is 7. The number of carbonyl (C=O) groups is 1. The molecule has 1 aromatic heterocycles. The van der Waals surface area contributed by atoms with Gasteiger partial charge in [0.05, 0.1) is 22.7 Å². The van der Waals surface area contributed by atoms with Gasteiger partial charge in [-0.05, 0) is 43.7 Å². The smallest absolute Gasteiger partial charge is 0.338 e. The molecule has 0 bridgehead atoms. The maximum atomic E-state index is 12.4. The first kappa shape index (κ1) is 22.6. The SMILES string of the molecule is CC1CN(Cc2ccc(C(=O)OCc3nc(-c4ccc([N+](=O)[O-])cc4)no3)cc2)CC(C)O1. The Hall–Kier alpha value is -3.63. The molecule has 0 N–H and O–H groups in total. The summed E-state index contributed by atoms with van der Waals surface area (Å²) in [6, 6.07) is 13.1. The van der Waals surface area contributed by atoms with E-state index < -0.39 is 10.9 Å². The number of aromatic nitrogens is 2. The van der Waals surface area contributed by atoms with Gasteiger partial charge in [-0.1, -0.05) is 17.3 Å². The van der Waals surface area contributed by atoms with Crippen LogP contribution in [0.1, 0.15) is 35.7 Å². The summed E-state index contributed by atoms with van der Waals surface area (Å²) in [7, 11) is 0. The largest absolute Gasteiger partial charge is 0.452 e. The Labute approximate surface area is 190 Å². The highest BCUT2D eigenvalue weighted by Crippen LogP contribution is 2.20. The van der Waals surface area contributed by atoms with E-state index in [1.54, 1.807) is 12.1 Å². The number of nitro groups is 1. The molecule has 2 heterocycles. The molecule has 0 spiro atoms. The Morgan fingerprint density at radius 1 is 1.12 bits per heavy atom. The van der Waals surface area contributed by atoms with Crippen molar-refractivity contribution in [3.63, 3.8) is 0 Å². The lowest BCUT2D eigenvalue weighted by Gasteiger charge is -2.35. The van der Waals surface area contributed by atoms with E-state index in [9.17, 15) is 14.9 Å². The van der Waals surface area contributed by atoms with Crippen molar-refractivity contribution in [1.29, 1.82) is 0 Å². The number of non-ortho nitro benzene ring substituents is 1. The fourth-order valence-electron chi connectivity index (χ4n) is 3.79. The minimum atomic E-state index is -0.495. The number of hydrogen-bond donors (Lipinski definition) is 0. The second-order valence-electron chi connectivity index (χ2n) is 8.04. The quantitative estimate of drug-likeness (QED) is 0.301. The predicted octanol–water partition coefficient (Wildman–Crippen LogP) is 3.61. The van der Waals surface area contributed by atoms with Gasteiger partial charge in [0.2, 0.25) is 5.82 Å². The molecule has 10 heteroatoms. The van der Waals surface area contributed by atoms with Crippen molar-refractivity contribution in [2.45, 2.75) is 39.2 Å². The lowest BCUT2D eigenvalue weighted by molar-refractivity contribution is -0.384. The van der Waals surface area contributed by atoms with Gasteiger partial charge in [-0.25, -0.2) is 4.79 Å². The van der Waals surface area contributed by atoms with Crippen LogP contribution in [0.15, 0.2) is 53.1 Å². The summed E-state index contributed by atoms with van der Waals surface area (Å²) in [5.74, 6) is -0.110. The molecule has 172 valence electrons. The maximum Gasteiger partial charge on any atom is 0.338 e. The molecular weight excluding hydrogens is 428 g/mol. The van der Waals surface area contributed by atoms with Crippen LogP contribution >= 0.6 is 0 Å². The van der Waals surface area contributed by atoms with Gasteiger partial charge in [0, 0.05) is 37.3 Å². The van der Waals surface area contributed by atoms with Crippen LogP contribution in [0.25, 0.3) is 11.4 Å². The Morgan fingerprint density at radius 2 is 1.79 bits per heavy atom. The van der Waals surface area contributed by atoms with Crippen LogP contribution in [0.3, 0.4) is 0 Å². The lowest BCUT2D eigenvalue weighted by Crippen LogP contribution is -2.44. The van der Waals surface area contributed by atoms with Crippen molar-refractivity contribution in [1.82, 2.24) is 15.0 Å². The summed E-state index contributed by atoms with van der Waals surface area (Å²) in [6.45, 7) is 6.51. The highest BCUT2D eigenvalue weighted by atomic mass is 16.6. The number of nitrogens with zero attached hydrogens (tertiary/aromatic N) is 4. The Morgan fingerprint density at radius 3 is 2.42 bits per heavy atom. The van der Waals surface area contributed by atoms with Crippen LogP contribution in [0.2, 0.25) is 0 Å². The first-order chi connectivity index (χ1) is 15.9. The van der Waals surface area contributed by atoms with Crippen LogP contribution in [0, 0.1) is 10.1 Å². The fourth-order valence-corrected chi connectivity index (χ4v) is 3.79. The number of hydrogen-bond acceptors (Lipinski definition) is 9. The van der Waals surface area contributed by atoms with Gasteiger partial charge in [0.1, 0.15) is 0 Å². The molecule has 2 unspecified atom stereocenters. The van der Waals surface area contributed by atoms with Crippen molar-refractivity contribution in [2.75, 3.05) is 13.1 Å². The molecule has 0 radical (unpaired) electrons. The van der Waals surface area contributed by atoms with E-state index in [1.807, 2.05) is 12.1 Å². The van der Waals surface area contributed by atoms with Gasteiger partial charge in [0.25, 0.3) is 11.6 Å². The van der Waals surface area contributed by atoms with Crippen LogP contribution < -0.4 is 0 Å². The van der Waals surface area contributed by atoms with E-state index in [2.05, 4.69) is 28.9 Å². The Balaban J connectivity index is 1.30. The molecule has 2 atom stereocenters. The molecule has 1 saturated heterocycles. The third-order valence-electron chi connectivity index (χ3n) is 5.22. The van der Waals surface area contributed by atoms with Gasteiger partial charge < -0.3 is 14.0 Å². The van der Waals surface area contributed by atoms with Gasteiger partial charge in [-0.3, -0.25) is 15.0 Å². The van der Waals surface area contributed by atoms with Crippen LogP contribution in [-0.2, 0) is 22.6 Å². The van der Waals surface area contributed by atoms with Crippen LogP contribution in [-0.4, -0.2) is 51.2 Å². The summed E-state index contributed by atoms with van der Waals surface area (Å²) < 4.78 is 16.2. The lowest BCUT2D eigenvalue weighted by atomic mass is 10.1. The number of benzene rings is 2. The number of carbonyl (C=O) groups excluding carboxylic acids is 1. The first-order valence-electron chi connectivity index (χ1n) is 10.6. The zero-order valence-corrected chi connectivity index (χ0v) is 18.3. The maximum absolute atomic E-state index is 12.4. The number of morpholine rings is 1. The zero-order valence-electron chi connectivity index (χ0n) is 18.3. The van der Waals surface area contributed by atoms with Crippen molar-refractivity contribution >= 4 is 11.7 Å². The molecule has 3 aromatic rings. The van der Waals surface area contributed by atoms with Crippen molar-refractivity contribution in [2.24, 2.45) is 0 Å². The molecule has 10 nitrogen and oxygen atoms in total. The molecule has 1 aliphatic heterocycles. The second kappa shape index (κ2) is 9.88. The Bertz CT molecular complexity index is 1100. The predicted molar refractivity (Wildman–Crippen MR) is 117 cm³/mol. The molecular formula is C23H24N4O6. The molecule has 2 aromatic carbocycles. The van der Waals surface area contributed by atoms with Crippen molar-refractivity contribution in [3.05, 3.63) is 75.7 Å². The summed E-state index contributed by atoms with van der Waals surface area (Å²) >= 11 is 0. The molecule has 1 aliphatic rings. The molecule has 0 amide bonds. The third kappa shape index (κ3) is 5.79. The summed E-state index contributed by atoms with van der Waals surface area (Å²) in [6.07, 6.45) is 0.405. The van der Waals surface area contributed by atoms with E-state index in [1.165, 1.54) is 24.3 Å². The molecule has 4 rings (SSSR count). The van der Waals surface area contributed by atoms with Crippen molar-refractivity contribution in [3.8, 4) is 11.4 Å². The minimum absolute atomic E-state index is 0.0310. The van der Waals surface area contributed by atoms with Gasteiger partial charge in [0.15, 0.2) is 6.61 Å². The van der Waals surface area contributed by atoms with Gasteiger partial charge in [-0.15, -0.1) is 0 Å². The summed E-state index contributed by atoms with van der Waals surface area (Å²) in [5.41, 5.74) is 2.06. The van der Waals surface area contributed by atoms with E-state index in [0.29, 0.717) is 11.1 Å². The zero-order chi connectivity index (χ0) is 23.4. The highest BCUT2D eigenvalue weighted by molar-refractivity contribution is 5.89. The Kier molecular flexibility index (Phi) is 6.76. The van der Waals surface area contributed by atoms with Crippen LogP contribution in [0.5, 0.6) is 0 Å². The topological polar surface area (TPSA) is 121 Å². The summed E-state index contributed by atoms with van der Waals surface area (Å²) in [5, 5.41) is 14.6. The monoisotopic (exact) mass is 452 g/mol. The first-order valence-corrected chi connectivity index (χ1v) is 10.6. The normalized spacial score (nSPS) is 18.7. The average Bonchev–Trinajstić information content (AvgIpc) is 3.26. The third-order valence-corrected chi connectivity index (χ3v) is 5.22. The van der Waals surface area contributed by atoms with E-state index >= 15 is 0 Å². The minimum Gasteiger partial charge on any atom is -0.452 e. The highest BCUT2D eigenvalue weighted by Gasteiger charge is 2.22. The van der Waals surface area contributed by atoms with Gasteiger partial charge in [-0.2, -0.15) is 4.98 Å². The molecule has 1 fully saturated rings. The number of ether oxygens (including phenoxy) is 2. The van der Waals surface area contributed by atoms with E-state index in [0.717, 1.165) is 25.2 Å². The van der Waals surface area contributed by atoms with Gasteiger partial charge >= 0.3 is 5.97 Å².